The number of hydrogen-bond acceptors (Lipinski definition) is 8. The van der Waals surface area contributed by atoms with Crippen molar-refractivity contribution < 1.29 is 4.79 Å². The molecular formula is C34H28N6O2S2. The molecule has 1 aliphatic heterocycles. The third-order valence-corrected chi connectivity index (χ3v) is 9.00. The highest BCUT2D eigenvalue weighted by Gasteiger charge is 2.30. The zero-order valence-electron chi connectivity index (χ0n) is 24.2. The highest BCUT2D eigenvalue weighted by atomic mass is 32.2. The van der Waals surface area contributed by atoms with E-state index in [1.807, 2.05) is 84.9 Å². The van der Waals surface area contributed by atoms with Gasteiger partial charge in [0.15, 0.2) is 16.2 Å². The number of aryl methyl sites for hydroxylation is 2. The summed E-state index contributed by atoms with van der Waals surface area (Å²) in [5.41, 5.74) is 6.21. The van der Waals surface area contributed by atoms with Crippen LogP contribution < -0.4 is 5.56 Å². The van der Waals surface area contributed by atoms with Gasteiger partial charge in [0.1, 0.15) is 11.6 Å². The van der Waals surface area contributed by atoms with Crippen molar-refractivity contribution in [2.75, 3.05) is 0 Å². The summed E-state index contributed by atoms with van der Waals surface area (Å²) in [5, 5.41) is 19.9. The summed E-state index contributed by atoms with van der Waals surface area (Å²) in [6, 6.07) is 27.5. The van der Waals surface area contributed by atoms with Crippen LogP contribution in [0.15, 0.2) is 92.7 Å². The highest BCUT2D eigenvalue weighted by Crippen LogP contribution is 2.26. The van der Waals surface area contributed by atoms with Crippen molar-refractivity contribution in [3.05, 3.63) is 117 Å². The van der Waals surface area contributed by atoms with Crippen LogP contribution in [-0.2, 0) is 29.1 Å². The van der Waals surface area contributed by atoms with Crippen molar-refractivity contribution in [2.45, 2.75) is 43.4 Å². The molecule has 0 aliphatic carbocycles. The summed E-state index contributed by atoms with van der Waals surface area (Å²) in [5.74, 6) is -0.394. The van der Waals surface area contributed by atoms with E-state index < -0.39 is 17.4 Å². The first-order chi connectivity index (χ1) is 21.4. The molecule has 0 saturated carbocycles. The van der Waals surface area contributed by atoms with Gasteiger partial charge in [0.25, 0.3) is 11.5 Å². The third kappa shape index (κ3) is 7.05. The SMILES string of the molecule is CCc1ccc(C2=NC(SCc3ccc(CSc4nc(-c5ccc(CC)cc5)c(C#N)c(=O)[nH]4)cc3)=NC(=O)C2C#N)cc1. The van der Waals surface area contributed by atoms with Crippen LogP contribution in [0.1, 0.15) is 47.2 Å². The molecule has 1 N–H and O–H groups in total. The number of thioether (sulfide) groups is 2. The molecule has 218 valence electrons. The van der Waals surface area contributed by atoms with Gasteiger partial charge in [-0.05, 0) is 40.7 Å². The first kappa shape index (κ1) is 30.7. The Labute approximate surface area is 264 Å². The standard InChI is InChI=1S/C34H28N6O2S2/c1-3-21-9-13-25(14-10-21)29-27(17-35)31(41)39-33(37-29)43-19-23-5-7-24(8-6-23)20-44-34-38-30(28(18-36)32(42)40-34)26-15-11-22(4-2)12-16-26/h5-16,27H,3-4,19-20H2,1-2H3,(H,38,40,42). The number of H-pyrrole nitrogens is 1. The molecule has 0 saturated heterocycles. The van der Waals surface area contributed by atoms with Gasteiger partial charge in [-0.15, -0.1) is 0 Å². The average molecular weight is 617 g/mol. The molecule has 0 radical (unpaired) electrons. The Bertz CT molecular complexity index is 1880. The zero-order valence-corrected chi connectivity index (χ0v) is 25.8. The Hall–Kier alpha value is -4.77. The summed E-state index contributed by atoms with van der Waals surface area (Å²) in [7, 11) is 0. The molecule has 1 aliphatic rings. The molecule has 10 heteroatoms. The number of nitriles is 2. The minimum absolute atomic E-state index is 0.00118. The molecule has 1 unspecified atom stereocenters. The van der Waals surface area contributed by atoms with Crippen molar-refractivity contribution in [1.29, 1.82) is 10.5 Å². The van der Waals surface area contributed by atoms with Gasteiger partial charge in [-0.2, -0.15) is 15.5 Å². The van der Waals surface area contributed by atoms with Crippen molar-refractivity contribution in [1.82, 2.24) is 9.97 Å². The maximum Gasteiger partial charge on any atom is 0.271 e. The molecule has 0 spiro atoms. The van der Waals surface area contributed by atoms with E-state index in [9.17, 15) is 20.1 Å². The number of hydrogen-bond donors (Lipinski definition) is 1. The average Bonchev–Trinajstić information content (AvgIpc) is 3.06. The lowest BCUT2D eigenvalue weighted by atomic mass is 9.95. The van der Waals surface area contributed by atoms with Crippen LogP contribution in [0.5, 0.6) is 0 Å². The molecule has 4 aromatic rings. The van der Waals surface area contributed by atoms with Crippen LogP contribution >= 0.6 is 23.5 Å². The van der Waals surface area contributed by atoms with Crippen molar-refractivity contribution in [2.24, 2.45) is 15.9 Å². The van der Waals surface area contributed by atoms with E-state index in [0.717, 1.165) is 40.7 Å². The van der Waals surface area contributed by atoms with Crippen molar-refractivity contribution in [3.8, 4) is 23.4 Å². The molecule has 1 atom stereocenters. The second kappa shape index (κ2) is 14.1. The number of rotatable bonds is 9. The fraction of sp³-hybridized carbons (Fsp3) is 0.206. The Morgan fingerprint density at radius 2 is 1.30 bits per heavy atom. The second-order valence-corrected chi connectivity index (χ2v) is 11.9. The topological polar surface area (TPSA) is 135 Å². The predicted octanol–water partition coefficient (Wildman–Crippen LogP) is 6.48. The van der Waals surface area contributed by atoms with Crippen LogP contribution in [0.3, 0.4) is 0 Å². The third-order valence-electron chi connectivity index (χ3n) is 7.14. The number of amidine groups is 1. The molecule has 2 heterocycles. The highest BCUT2D eigenvalue weighted by molar-refractivity contribution is 8.13. The summed E-state index contributed by atoms with van der Waals surface area (Å²) in [6.07, 6.45) is 1.79. The lowest BCUT2D eigenvalue weighted by Crippen LogP contribution is -2.27. The molecule has 0 fully saturated rings. The number of carbonyl (C=O) groups excluding carboxylic acids is 1. The Morgan fingerprint density at radius 3 is 1.84 bits per heavy atom. The van der Waals surface area contributed by atoms with Crippen LogP contribution in [0.2, 0.25) is 0 Å². The first-order valence-corrected chi connectivity index (χ1v) is 16.1. The Kier molecular flexibility index (Phi) is 9.86. The van der Waals surface area contributed by atoms with E-state index in [4.69, 9.17) is 0 Å². The summed E-state index contributed by atoms with van der Waals surface area (Å²) in [4.78, 5) is 41.3. The van der Waals surface area contributed by atoms with Gasteiger partial charge in [-0.1, -0.05) is 110 Å². The largest absolute Gasteiger partial charge is 0.300 e. The molecular weight excluding hydrogens is 589 g/mol. The molecule has 3 aromatic carbocycles. The maximum atomic E-state index is 12.6. The zero-order chi connectivity index (χ0) is 31.1. The summed E-state index contributed by atoms with van der Waals surface area (Å²) >= 11 is 2.73. The molecule has 1 aromatic heterocycles. The molecule has 44 heavy (non-hydrogen) atoms. The summed E-state index contributed by atoms with van der Waals surface area (Å²) < 4.78 is 0. The molecule has 1 amide bonds. The maximum absolute atomic E-state index is 12.6. The molecule has 5 rings (SSSR count). The number of nitrogens with zero attached hydrogens (tertiary/aromatic N) is 5. The minimum atomic E-state index is -1.01. The van der Waals surface area contributed by atoms with E-state index in [2.05, 4.69) is 33.8 Å². The number of aromatic nitrogens is 2. The van der Waals surface area contributed by atoms with Gasteiger partial charge >= 0.3 is 0 Å². The number of nitrogens with one attached hydrogen (secondary N) is 1. The van der Waals surface area contributed by atoms with Gasteiger partial charge in [-0.3, -0.25) is 9.59 Å². The molecule has 0 bridgehead atoms. The minimum Gasteiger partial charge on any atom is -0.300 e. The lowest BCUT2D eigenvalue weighted by molar-refractivity contribution is -0.118. The summed E-state index contributed by atoms with van der Waals surface area (Å²) in [6.45, 7) is 4.14. The van der Waals surface area contributed by atoms with Crippen LogP contribution in [0, 0.1) is 28.6 Å². The van der Waals surface area contributed by atoms with E-state index in [1.54, 1.807) is 0 Å². The number of aromatic amines is 1. The van der Waals surface area contributed by atoms with Gasteiger partial charge in [0.05, 0.1) is 17.5 Å². The Balaban J connectivity index is 1.24. The fourth-order valence-electron chi connectivity index (χ4n) is 4.55. The number of benzene rings is 3. The first-order valence-electron chi connectivity index (χ1n) is 14.1. The van der Waals surface area contributed by atoms with Gasteiger partial charge in [-0.25, -0.2) is 9.98 Å². The second-order valence-electron chi connectivity index (χ2n) is 9.99. The van der Waals surface area contributed by atoms with Gasteiger partial charge in [0.2, 0.25) is 0 Å². The van der Waals surface area contributed by atoms with Gasteiger partial charge < -0.3 is 4.98 Å². The fourth-order valence-corrected chi connectivity index (χ4v) is 6.18. The van der Waals surface area contributed by atoms with E-state index in [-0.39, 0.29) is 5.56 Å². The van der Waals surface area contributed by atoms with Crippen LogP contribution in [0.4, 0.5) is 0 Å². The van der Waals surface area contributed by atoms with E-state index in [0.29, 0.717) is 33.2 Å². The Morgan fingerprint density at radius 1 is 0.750 bits per heavy atom. The monoisotopic (exact) mass is 616 g/mol. The van der Waals surface area contributed by atoms with Gasteiger partial charge in [0, 0.05) is 17.1 Å². The number of aliphatic imine (C=N–C) groups is 2. The lowest BCUT2D eigenvalue weighted by Gasteiger charge is -2.16. The number of amides is 1. The predicted molar refractivity (Wildman–Crippen MR) is 176 cm³/mol. The van der Waals surface area contributed by atoms with Crippen LogP contribution in [-0.4, -0.2) is 26.8 Å². The smallest absolute Gasteiger partial charge is 0.271 e. The quantitative estimate of drug-likeness (QED) is 0.168. The van der Waals surface area contributed by atoms with Crippen molar-refractivity contribution >= 4 is 40.3 Å². The van der Waals surface area contributed by atoms with E-state index >= 15 is 0 Å². The number of carbonyl (C=O) groups is 1. The normalized spacial score (nSPS) is 14.4. The molecule has 8 nitrogen and oxygen atoms in total. The van der Waals surface area contributed by atoms with E-state index in [1.165, 1.54) is 29.1 Å². The van der Waals surface area contributed by atoms with Crippen LogP contribution in [0.25, 0.3) is 11.3 Å². The van der Waals surface area contributed by atoms with Crippen molar-refractivity contribution in [3.63, 3.8) is 0 Å².